The molecular weight excluding hydrogens is 936 g/mol. The first-order valence-electron chi connectivity index (χ1n) is 26.1. The number of carbonyl (C=O) groups is 4. The van der Waals surface area contributed by atoms with Crippen LogP contribution in [0.4, 0.5) is 0 Å². The molecule has 8 fully saturated rings. The van der Waals surface area contributed by atoms with Crippen molar-refractivity contribution in [2.75, 3.05) is 20.3 Å². The topological polar surface area (TPSA) is 123 Å². The van der Waals surface area contributed by atoms with E-state index in [4.69, 9.17) is 37.4 Å². The molecule has 2 aromatic rings. The van der Waals surface area contributed by atoms with Crippen LogP contribution in [-0.2, 0) is 57.1 Å². The zero-order valence-corrected chi connectivity index (χ0v) is 46.1. The van der Waals surface area contributed by atoms with Crippen LogP contribution in [0.3, 0.4) is 0 Å². The number of aryl methyl sites for hydroxylation is 2. The minimum atomic E-state index is -0.729. The van der Waals surface area contributed by atoms with Crippen LogP contribution in [0.25, 0.3) is 0 Å². The molecule has 0 radical (unpaired) electrons. The second-order valence-corrected chi connectivity index (χ2v) is 27.9. The normalized spacial score (nSPS) is 35.1. The van der Waals surface area contributed by atoms with Gasteiger partial charge >= 0.3 is 11.9 Å². The van der Waals surface area contributed by atoms with E-state index in [9.17, 15) is 24.3 Å². The average molecular weight is 1010 g/mol. The van der Waals surface area contributed by atoms with Gasteiger partial charge in [0, 0.05) is 47.1 Å². The van der Waals surface area contributed by atoms with Crippen molar-refractivity contribution in [2.45, 2.75) is 193 Å². The second-order valence-electron chi connectivity index (χ2n) is 27.0. The molecule has 4 aliphatic heterocycles. The number of ether oxygens (including phenoxy) is 3. The maximum atomic E-state index is 13.7. The maximum Gasteiger partial charge on any atom is 0.312 e. The third kappa shape index (κ3) is 8.43. The van der Waals surface area contributed by atoms with Crippen LogP contribution in [-0.4, -0.2) is 81.3 Å². The highest BCUT2D eigenvalue weighted by Gasteiger charge is 2.77. The fraction of sp³-hybridized carbons (Fsp3) is 0.661. The second kappa shape index (κ2) is 16.9. The molecule has 4 atom stereocenters. The van der Waals surface area contributed by atoms with Gasteiger partial charge in [-0.2, -0.15) is 0 Å². The van der Waals surface area contributed by atoms with E-state index in [2.05, 4.69) is 126 Å². The molecule has 71 heavy (non-hydrogen) atoms. The number of rotatable bonds is 10. The molecule has 0 spiro atoms. The zero-order valence-electron chi connectivity index (χ0n) is 44.6. The van der Waals surface area contributed by atoms with Gasteiger partial charge in [-0.05, 0) is 148 Å². The number of halogens is 2. The smallest absolute Gasteiger partial charge is 0.312 e. The van der Waals surface area contributed by atoms with E-state index in [1.807, 2.05) is 15.9 Å². The molecule has 10 nitrogen and oxygen atoms in total. The average Bonchev–Trinajstić information content (AvgIpc) is 3.21. The Morgan fingerprint density at radius 2 is 1.03 bits per heavy atom. The standard InChI is InChI=1S/C30H40ClNO4.C29H38ClNO4/c1-19-22-14-32(29-15-28(16-29,17-29)25(34)35-7)24(33)13-30(22,18-36-27(19,5)6)21-9-8-20(23(31)12-21)10-11-26(2,3)4;1-18-21-13-31(28-14-27(15-28,16-28)24(33)34)23(32)12-29(21,17-35-26(18,5)6)20-8-7-19(22(30)11-20)9-10-25(2,3)4/h8-9,12,14,19H,10-11,13,15-18H2,1-7H3;7-8,11,13,18H,9-10,12,14-17H2,1-6H3,(H,33,34)/t19?,28?,29?,30-;18?,27?,28?,29-/m11/s1. The van der Waals surface area contributed by atoms with E-state index in [0.29, 0.717) is 64.6 Å². The van der Waals surface area contributed by atoms with Gasteiger partial charge in [-0.3, -0.25) is 19.2 Å². The van der Waals surface area contributed by atoms with Crippen LogP contribution in [0.5, 0.6) is 0 Å². The molecule has 2 aromatic carbocycles. The molecule has 0 aromatic heterocycles. The Morgan fingerprint density at radius 1 is 0.662 bits per heavy atom. The lowest BCUT2D eigenvalue weighted by atomic mass is 9.38. The summed E-state index contributed by atoms with van der Waals surface area (Å²) in [5.41, 5.74) is 3.88. The van der Waals surface area contributed by atoms with E-state index in [1.54, 1.807) is 0 Å². The molecule has 386 valence electrons. The van der Waals surface area contributed by atoms with Crippen LogP contribution in [0.15, 0.2) is 59.9 Å². The molecule has 2 amide bonds. The lowest BCUT2D eigenvalue weighted by Crippen LogP contribution is -2.77. The molecule has 6 saturated carbocycles. The van der Waals surface area contributed by atoms with E-state index in [1.165, 1.54) is 18.3 Å². The summed E-state index contributed by atoms with van der Waals surface area (Å²) in [6, 6.07) is 12.7. The van der Waals surface area contributed by atoms with Crippen molar-refractivity contribution in [1.29, 1.82) is 0 Å². The van der Waals surface area contributed by atoms with Gasteiger partial charge in [0.1, 0.15) is 0 Å². The molecule has 12 heteroatoms. The molecule has 2 saturated heterocycles. The van der Waals surface area contributed by atoms with Crippen molar-refractivity contribution in [1.82, 2.24) is 9.80 Å². The van der Waals surface area contributed by atoms with E-state index >= 15 is 0 Å². The Morgan fingerprint density at radius 3 is 1.35 bits per heavy atom. The minimum absolute atomic E-state index is 0.0517. The molecule has 4 heterocycles. The number of aliphatic carboxylic acids is 1. The first kappa shape index (κ1) is 52.2. The van der Waals surface area contributed by atoms with Crippen molar-refractivity contribution in [3.8, 4) is 0 Å². The summed E-state index contributed by atoms with van der Waals surface area (Å²) in [6.45, 7) is 27.1. The monoisotopic (exact) mass is 1010 g/mol. The summed E-state index contributed by atoms with van der Waals surface area (Å²) in [4.78, 5) is 55.2. The van der Waals surface area contributed by atoms with Gasteiger partial charge in [-0.15, -0.1) is 0 Å². The molecule has 10 aliphatic rings. The zero-order chi connectivity index (χ0) is 51.9. The van der Waals surface area contributed by atoms with Crippen molar-refractivity contribution in [3.63, 3.8) is 0 Å². The van der Waals surface area contributed by atoms with E-state index < -0.39 is 22.2 Å². The number of hydrogen-bond donors (Lipinski definition) is 1. The lowest BCUT2D eigenvalue weighted by molar-refractivity contribution is -0.227. The van der Waals surface area contributed by atoms with Crippen molar-refractivity contribution < 1.29 is 38.5 Å². The number of esters is 1. The summed E-state index contributed by atoms with van der Waals surface area (Å²) in [7, 11) is 1.45. The summed E-state index contributed by atoms with van der Waals surface area (Å²) in [5, 5.41) is 11.1. The Kier molecular flexibility index (Phi) is 12.4. The summed E-state index contributed by atoms with van der Waals surface area (Å²) in [5.74, 6) is -0.517. The summed E-state index contributed by atoms with van der Waals surface area (Å²) in [6.07, 6.45) is 12.5. The Balaban J connectivity index is 0.000000176. The molecule has 6 aliphatic carbocycles. The van der Waals surface area contributed by atoms with Gasteiger partial charge in [0.15, 0.2) is 0 Å². The maximum absolute atomic E-state index is 13.7. The van der Waals surface area contributed by atoms with Gasteiger partial charge in [0.2, 0.25) is 11.8 Å². The number of hydrogen-bond acceptors (Lipinski definition) is 7. The lowest BCUT2D eigenvalue weighted by Gasteiger charge is -2.72. The number of benzene rings is 2. The highest BCUT2D eigenvalue weighted by atomic mass is 35.5. The predicted molar refractivity (Wildman–Crippen MR) is 277 cm³/mol. The number of nitrogens with zero attached hydrogens (tertiary/aromatic N) is 2. The largest absolute Gasteiger partial charge is 0.481 e. The number of methoxy groups -OCH3 is 1. The van der Waals surface area contributed by atoms with Gasteiger partial charge in [-0.1, -0.05) is 103 Å². The highest BCUT2D eigenvalue weighted by molar-refractivity contribution is 6.31. The van der Waals surface area contributed by atoms with Crippen LogP contribution < -0.4 is 0 Å². The van der Waals surface area contributed by atoms with Crippen molar-refractivity contribution in [3.05, 3.63) is 92.2 Å². The molecule has 1 N–H and O–H groups in total. The van der Waals surface area contributed by atoms with Crippen LogP contribution in [0.2, 0.25) is 10.0 Å². The first-order valence-corrected chi connectivity index (χ1v) is 26.8. The fourth-order valence-corrected chi connectivity index (χ4v) is 14.3. The SMILES string of the molecule is CC1C2=CN(C34CC(C(=O)O)(C3)C4)C(=O)C[C@]2(c2ccc(CCC(C)(C)C)c(Cl)c2)COC1(C)C.COC(=O)C12CC(N3C=C4C(C)C(C)(C)OC[C@@]4(c4ccc(CCC(C)(C)C)c(Cl)c4)CC3=O)(C1)C2. The summed E-state index contributed by atoms with van der Waals surface area (Å²) >= 11 is 13.6. The number of carboxylic acids is 1. The quantitative estimate of drug-likeness (QED) is 0.234. The molecular formula is C59H78Cl2N2O8. The first-order chi connectivity index (χ1) is 32.8. The van der Waals surface area contributed by atoms with Crippen LogP contribution >= 0.6 is 23.2 Å². The number of carbonyl (C=O) groups excluding carboxylic acids is 3. The third-order valence-electron chi connectivity index (χ3n) is 19.1. The minimum Gasteiger partial charge on any atom is -0.481 e. The van der Waals surface area contributed by atoms with Crippen LogP contribution in [0.1, 0.15) is 170 Å². The van der Waals surface area contributed by atoms with Gasteiger partial charge in [-0.25, -0.2) is 0 Å². The summed E-state index contributed by atoms with van der Waals surface area (Å²) < 4.78 is 17.9. The predicted octanol–water partition coefficient (Wildman–Crippen LogP) is 12.3. The molecule has 4 bridgehead atoms. The highest BCUT2D eigenvalue weighted by Crippen LogP contribution is 2.72. The van der Waals surface area contributed by atoms with Crippen LogP contribution in [0, 0.1) is 33.5 Å². The van der Waals surface area contributed by atoms with Gasteiger partial charge < -0.3 is 29.1 Å². The number of amides is 2. The Hall–Kier alpha value is -3.70. The van der Waals surface area contributed by atoms with Gasteiger partial charge in [0.05, 0.1) is 64.3 Å². The fourth-order valence-electron chi connectivity index (χ4n) is 13.8. The van der Waals surface area contributed by atoms with Gasteiger partial charge in [0.25, 0.3) is 0 Å². The Labute approximate surface area is 432 Å². The number of carboxylic acid groups (broad SMARTS) is 1. The third-order valence-corrected chi connectivity index (χ3v) is 19.8. The molecule has 12 rings (SSSR count). The van der Waals surface area contributed by atoms with E-state index in [-0.39, 0.29) is 68.1 Å². The number of fused-ring (bicyclic) bond motifs is 2. The van der Waals surface area contributed by atoms with Crippen molar-refractivity contribution in [2.24, 2.45) is 33.5 Å². The van der Waals surface area contributed by atoms with E-state index in [0.717, 1.165) is 58.0 Å². The Bertz CT molecular complexity index is 2590. The van der Waals surface area contributed by atoms with Crippen molar-refractivity contribution >= 4 is 47.0 Å². The molecule has 2 unspecified atom stereocenters.